The summed E-state index contributed by atoms with van der Waals surface area (Å²) < 4.78 is 5.15. The van der Waals surface area contributed by atoms with Gasteiger partial charge in [-0.15, -0.1) is 0 Å². The molecule has 118 valence electrons. The Kier molecular flexibility index (Phi) is 5.63. The maximum absolute atomic E-state index is 10.9. The molecule has 7 heteroatoms. The molecule has 2 atom stereocenters. The van der Waals surface area contributed by atoms with Crippen LogP contribution in [-0.4, -0.2) is 39.3 Å². The highest BCUT2D eigenvalue weighted by Crippen LogP contribution is 2.30. The van der Waals surface area contributed by atoms with Crippen LogP contribution in [0.1, 0.15) is 18.6 Å². The number of methoxy groups -OCH3 is 1. The van der Waals surface area contributed by atoms with Crippen molar-refractivity contribution in [2.45, 2.75) is 19.1 Å². The third kappa shape index (κ3) is 3.89. The highest BCUT2D eigenvalue weighted by molar-refractivity contribution is 8.13. The predicted octanol–water partition coefficient (Wildman–Crippen LogP) is 2.57. The molecule has 0 fully saturated rings. The van der Waals surface area contributed by atoms with Crippen molar-refractivity contribution in [3.05, 3.63) is 35.0 Å². The van der Waals surface area contributed by atoms with Gasteiger partial charge in [0.05, 0.1) is 18.7 Å². The van der Waals surface area contributed by atoms with E-state index in [2.05, 4.69) is 4.98 Å². The second-order valence-electron chi connectivity index (χ2n) is 4.74. The smallest absolute Gasteiger partial charge is 0.185 e. The highest BCUT2D eigenvalue weighted by atomic mass is 35.5. The van der Waals surface area contributed by atoms with E-state index in [0.717, 1.165) is 17.1 Å². The number of fused-ring (bicyclic) bond motifs is 1. The number of nitrogens with zero attached hydrogens (tertiary/aromatic N) is 1. The van der Waals surface area contributed by atoms with Crippen LogP contribution >= 0.6 is 23.4 Å². The SMILES string of the molecule is COc1ccc2nc(Cl)c(C(O)C(O)CSC(C)=O)cc2c1. The van der Waals surface area contributed by atoms with Crippen molar-refractivity contribution in [2.75, 3.05) is 12.9 Å². The number of benzene rings is 1. The highest BCUT2D eigenvalue weighted by Gasteiger charge is 2.22. The molecule has 0 spiro atoms. The molecule has 1 heterocycles. The van der Waals surface area contributed by atoms with Gasteiger partial charge in [-0.2, -0.15) is 0 Å². The molecular formula is C15H16ClNO4S. The van der Waals surface area contributed by atoms with Crippen LogP contribution in [0.5, 0.6) is 5.75 Å². The molecule has 0 saturated carbocycles. The predicted molar refractivity (Wildman–Crippen MR) is 87.4 cm³/mol. The van der Waals surface area contributed by atoms with Crippen LogP contribution in [0.4, 0.5) is 0 Å². The number of pyridine rings is 1. The molecule has 2 rings (SSSR count). The van der Waals surface area contributed by atoms with Gasteiger partial charge in [-0.25, -0.2) is 4.98 Å². The molecule has 0 saturated heterocycles. The first-order valence-corrected chi connectivity index (χ1v) is 7.92. The molecule has 2 unspecified atom stereocenters. The van der Waals surface area contributed by atoms with Gasteiger partial charge in [-0.1, -0.05) is 23.4 Å². The van der Waals surface area contributed by atoms with Gasteiger partial charge in [0.2, 0.25) is 0 Å². The fraction of sp³-hybridized carbons (Fsp3) is 0.333. The van der Waals surface area contributed by atoms with Gasteiger partial charge in [0.1, 0.15) is 17.0 Å². The molecule has 2 N–H and O–H groups in total. The number of ether oxygens (including phenoxy) is 1. The Morgan fingerprint density at radius 1 is 1.41 bits per heavy atom. The quantitative estimate of drug-likeness (QED) is 0.814. The first-order chi connectivity index (χ1) is 10.4. The lowest BCUT2D eigenvalue weighted by Gasteiger charge is -2.18. The van der Waals surface area contributed by atoms with Crippen molar-refractivity contribution < 1.29 is 19.7 Å². The molecule has 5 nitrogen and oxygen atoms in total. The van der Waals surface area contributed by atoms with Crippen LogP contribution in [0.15, 0.2) is 24.3 Å². The summed E-state index contributed by atoms with van der Waals surface area (Å²) in [6.45, 7) is 1.40. The van der Waals surface area contributed by atoms with Crippen LogP contribution in [0, 0.1) is 0 Å². The van der Waals surface area contributed by atoms with Crippen LogP contribution in [-0.2, 0) is 4.79 Å². The monoisotopic (exact) mass is 341 g/mol. The lowest BCUT2D eigenvalue weighted by atomic mass is 10.0. The van der Waals surface area contributed by atoms with E-state index >= 15 is 0 Å². The molecule has 1 aromatic carbocycles. The number of aliphatic hydroxyl groups excluding tert-OH is 2. The minimum absolute atomic E-state index is 0.0863. The van der Waals surface area contributed by atoms with Gasteiger partial charge in [0, 0.05) is 23.6 Å². The van der Waals surface area contributed by atoms with Crippen molar-refractivity contribution in [1.82, 2.24) is 4.98 Å². The lowest BCUT2D eigenvalue weighted by molar-refractivity contribution is -0.109. The van der Waals surface area contributed by atoms with Crippen molar-refractivity contribution in [1.29, 1.82) is 0 Å². The Morgan fingerprint density at radius 2 is 2.14 bits per heavy atom. The molecular weight excluding hydrogens is 326 g/mol. The minimum Gasteiger partial charge on any atom is -0.497 e. The van der Waals surface area contributed by atoms with E-state index in [-0.39, 0.29) is 16.0 Å². The maximum atomic E-state index is 10.9. The third-order valence-corrected chi connectivity index (χ3v) is 4.36. The van der Waals surface area contributed by atoms with E-state index < -0.39 is 12.2 Å². The van der Waals surface area contributed by atoms with Crippen LogP contribution < -0.4 is 4.74 Å². The average Bonchev–Trinajstić information content (AvgIpc) is 2.50. The van der Waals surface area contributed by atoms with Crippen molar-refractivity contribution in [3.63, 3.8) is 0 Å². The van der Waals surface area contributed by atoms with Crippen molar-refractivity contribution >= 4 is 39.4 Å². The Balaban J connectivity index is 2.32. The summed E-state index contributed by atoms with van der Waals surface area (Å²) in [6.07, 6.45) is -2.33. The van der Waals surface area contributed by atoms with E-state index in [9.17, 15) is 15.0 Å². The van der Waals surface area contributed by atoms with Crippen molar-refractivity contribution in [3.8, 4) is 5.75 Å². The van der Waals surface area contributed by atoms with Crippen LogP contribution in [0.2, 0.25) is 5.15 Å². The number of aliphatic hydroxyl groups is 2. The van der Waals surface area contributed by atoms with Gasteiger partial charge in [-0.3, -0.25) is 4.79 Å². The number of rotatable bonds is 5. The minimum atomic E-state index is -1.22. The second kappa shape index (κ2) is 7.28. The molecule has 0 aliphatic rings. The van der Waals surface area contributed by atoms with Crippen molar-refractivity contribution in [2.24, 2.45) is 0 Å². The van der Waals surface area contributed by atoms with Gasteiger partial charge in [0.15, 0.2) is 5.12 Å². The number of carbonyl (C=O) groups is 1. The fourth-order valence-corrected chi connectivity index (χ4v) is 2.83. The summed E-state index contributed by atoms with van der Waals surface area (Å²) in [5.41, 5.74) is 0.980. The van der Waals surface area contributed by atoms with Gasteiger partial charge < -0.3 is 14.9 Å². The molecule has 0 aliphatic heterocycles. The van der Waals surface area contributed by atoms with Crippen LogP contribution in [0.25, 0.3) is 10.9 Å². The molecule has 0 aliphatic carbocycles. The maximum Gasteiger partial charge on any atom is 0.185 e. The summed E-state index contributed by atoms with van der Waals surface area (Å²) in [5, 5.41) is 21.0. The third-order valence-electron chi connectivity index (χ3n) is 3.14. The van der Waals surface area contributed by atoms with E-state index in [1.807, 2.05) is 0 Å². The van der Waals surface area contributed by atoms with E-state index in [1.165, 1.54) is 6.92 Å². The molecule has 0 radical (unpaired) electrons. The Morgan fingerprint density at radius 3 is 2.77 bits per heavy atom. The fourth-order valence-electron chi connectivity index (χ4n) is 1.98. The number of halogens is 1. The summed E-state index contributed by atoms with van der Waals surface area (Å²) in [5.74, 6) is 0.743. The standard InChI is InChI=1S/C15H16ClNO4S/c1-8(18)22-7-13(19)14(20)11-6-9-5-10(21-2)3-4-12(9)17-15(11)16/h3-6,13-14,19-20H,7H2,1-2H3. The van der Waals surface area contributed by atoms with E-state index in [0.29, 0.717) is 16.8 Å². The molecule has 1 aromatic heterocycles. The van der Waals surface area contributed by atoms with E-state index in [1.54, 1.807) is 31.4 Å². The molecule has 2 aromatic rings. The first kappa shape index (κ1) is 17.0. The lowest BCUT2D eigenvalue weighted by Crippen LogP contribution is -2.22. The largest absolute Gasteiger partial charge is 0.497 e. The second-order valence-corrected chi connectivity index (χ2v) is 6.30. The van der Waals surface area contributed by atoms with E-state index in [4.69, 9.17) is 16.3 Å². The number of hydrogen-bond donors (Lipinski definition) is 2. The Hall–Kier alpha value is -1.34. The van der Waals surface area contributed by atoms with Gasteiger partial charge in [0.25, 0.3) is 0 Å². The summed E-state index contributed by atoms with van der Waals surface area (Å²) in [6, 6.07) is 6.96. The zero-order valence-electron chi connectivity index (χ0n) is 12.1. The molecule has 0 amide bonds. The topological polar surface area (TPSA) is 79.7 Å². The number of carbonyl (C=O) groups excluding carboxylic acids is 1. The van der Waals surface area contributed by atoms with Gasteiger partial charge in [-0.05, 0) is 24.3 Å². The normalized spacial score (nSPS) is 13.9. The zero-order valence-corrected chi connectivity index (χ0v) is 13.7. The zero-order chi connectivity index (χ0) is 16.3. The van der Waals surface area contributed by atoms with Gasteiger partial charge >= 0.3 is 0 Å². The summed E-state index contributed by atoms with van der Waals surface area (Å²) in [4.78, 5) is 15.2. The average molecular weight is 342 g/mol. The summed E-state index contributed by atoms with van der Waals surface area (Å²) >= 11 is 7.04. The molecule has 0 bridgehead atoms. The molecule has 22 heavy (non-hydrogen) atoms. The van der Waals surface area contributed by atoms with Crippen LogP contribution in [0.3, 0.4) is 0 Å². The first-order valence-electron chi connectivity index (χ1n) is 6.56. The number of hydrogen-bond acceptors (Lipinski definition) is 6. The Labute approximate surface area is 137 Å². The number of thioether (sulfide) groups is 1. The number of aromatic nitrogens is 1. The Bertz CT molecular complexity index is 695. The summed E-state index contributed by atoms with van der Waals surface area (Å²) in [7, 11) is 1.56.